The van der Waals surface area contributed by atoms with E-state index in [4.69, 9.17) is 14.2 Å². The van der Waals surface area contributed by atoms with Crippen molar-refractivity contribution in [1.29, 1.82) is 0 Å². The minimum Gasteiger partial charge on any atom is -0.383 e. The Bertz CT molecular complexity index is 707. The summed E-state index contributed by atoms with van der Waals surface area (Å²) in [6, 6.07) is 7.96. The molecule has 136 valence electrons. The van der Waals surface area contributed by atoms with Crippen LogP contribution < -0.4 is 5.32 Å². The van der Waals surface area contributed by atoms with Gasteiger partial charge in [0.25, 0.3) is 5.91 Å². The van der Waals surface area contributed by atoms with E-state index in [-0.39, 0.29) is 12.0 Å². The molecule has 2 aromatic rings. The molecule has 1 saturated heterocycles. The number of methoxy groups -OCH3 is 1. The molecule has 6 nitrogen and oxygen atoms in total. The fourth-order valence-corrected chi connectivity index (χ4v) is 2.99. The van der Waals surface area contributed by atoms with Crippen LogP contribution >= 0.6 is 0 Å². The predicted octanol–water partition coefficient (Wildman–Crippen LogP) is 2.81. The molecular weight excluding hydrogens is 320 g/mol. The number of carbonyl (C=O) groups is 1. The van der Waals surface area contributed by atoms with Crippen molar-refractivity contribution in [1.82, 2.24) is 4.57 Å². The monoisotopic (exact) mass is 346 g/mol. The number of hydrogen-bond donors (Lipinski definition) is 1. The lowest BCUT2D eigenvalue weighted by molar-refractivity contribution is -0.128. The molecule has 0 radical (unpaired) electrons. The largest absolute Gasteiger partial charge is 0.383 e. The first-order valence-corrected chi connectivity index (χ1v) is 8.79. The van der Waals surface area contributed by atoms with Gasteiger partial charge in [-0.15, -0.1) is 0 Å². The van der Waals surface area contributed by atoms with Crippen molar-refractivity contribution in [3.05, 3.63) is 30.5 Å². The summed E-state index contributed by atoms with van der Waals surface area (Å²) in [7, 11) is 1.69. The van der Waals surface area contributed by atoms with Crippen LogP contribution in [0, 0.1) is 0 Å². The quantitative estimate of drug-likeness (QED) is 0.798. The number of hydrogen-bond acceptors (Lipinski definition) is 4. The van der Waals surface area contributed by atoms with Gasteiger partial charge < -0.3 is 24.1 Å². The first-order chi connectivity index (χ1) is 12.2. The summed E-state index contributed by atoms with van der Waals surface area (Å²) < 4.78 is 18.4. The lowest BCUT2D eigenvalue weighted by Crippen LogP contribution is -2.30. The molecule has 0 bridgehead atoms. The normalized spacial score (nSPS) is 18.6. The molecular formula is C19H26N2O4. The van der Waals surface area contributed by atoms with Crippen LogP contribution in [-0.2, 0) is 25.5 Å². The molecule has 0 saturated carbocycles. The second-order valence-electron chi connectivity index (χ2n) is 6.38. The number of nitrogens with zero attached hydrogens (tertiary/aromatic N) is 1. The van der Waals surface area contributed by atoms with E-state index >= 15 is 0 Å². The van der Waals surface area contributed by atoms with Crippen molar-refractivity contribution in [2.24, 2.45) is 0 Å². The third kappa shape index (κ3) is 4.60. The molecule has 1 aliphatic rings. The Balaban J connectivity index is 1.59. The van der Waals surface area contributed by atoms with Crippen molar-refractivity contribution in [2.45, 2.75) is 38.5 Å². The van der Waals surface area contributed by atoms with E-state index in [1.807, 2.05) is 24.4 Å². The Hall–Kier alpha value is -1.89. The summed E-state index contributed by atoms with van der Waals surface area (Å²) in [5.74, 6) is -0.146. The van der Waals surface area contributed by atoms with E-state index in [0.29, 0.717) is 13.2 Å². The van der Waals surface area contributed by atoms with Crippen LogP contribution in [0.1, 0.15) is 19.8 Å². The number of nitrogens with one attached hydrogen (secondary N) is 1. The van der Waals surface area contributed by atoms with E-state index in [1.54, 1.807) is 14.0 Å². The number of anilines is 1. The van der Waals surface area contributed by atoms with Gasteiger partial charge in [-0.25, -0.2) is 0 Å². The lowest BCUT2D eigenvalue weighted by Gasteiger charge is -2.16. The molecule has 0 spiro atoms. The maximum atomic E-state index is 12.3. The molecule has 1 N–H and O–H groups in total. The molecule has 3 rings (SSSR count). The van der Waals surface area contributed by atoms with Crippen LogP contribution in [0.15, 0.2) is 30.5 Å². The molecule has 1 aromatic heterocycles. The topological polar surface area (TPSA) is 61.7 Å². The number of benzene rings is 1. The smallest absolute Gasteiger partial charge is 0.253 e. The zero-order valence-corrected chi connectivity index (χ0v) is 14.9. The van der Waals surface area contributed by atoms with Gasteiger partial charge in [-0.1, -0.05) is 6.07 Å². The summed E-state index contributed by atoms with van der Waals surface area (Å²) >= 11 is 0. The fraction of sp³-hybridized carbons (Fsp3) is 0.526. The summed E-state index contributed by atoms with van der Waals surface area (Å²) in [5, 5.41) is 4.07. The third-order valence-corrected chi connectivity index (χ3v) is 4.50. The van der Waals surface area contributed by atoms with Gasteiger partial charge in [-0.3, -0.25) is 4.79 Å². The molecule has 1 aromatic carbocycles. The molecule has 6 heteroatoms. The zero-order chi connectivity index (χ0) is 17.6. The Morgan fingerprint density at radius 2 is 2.32 bits per heavy atom. The first kappa shape index (κ1) is 17.9. The van der Waals surface area contributed by atoms with Gasteiger partial charge in [0.05, 0.1) is 24.8 Å². The van der Waals surface area contributed by atoms with E-state index in [2.05, 4.69) is 16.0 Å². The SMILES string of the molecule is COCCn1ccc2ccc(NC(=O)[C@@H](C)OC[C@H]3CCCO3)cc21. The Morgan fingerprint density at radius 3 is 3.08 bits per heavy atom. The number of fused-ring (bicyclic) bond motifs is 1. The van der Waals surface area contributed by atoms with Crippen molar-refractivity contribution in [2.75, 3.05) is 32.2 Å². The predicted molar refractivity (Wildman–Crippen MR) is 96.8 cm³/mol. The maximum Gasteiger partial charge on any atom is 0.253 e. The Labute approximate surface area is 148 Å². The average Bonchev–Trinajstić information content (AvgIpc) is 3.27. The van der Waals surface area contributed by atoms with Crippen molar-refractivity contribution < 1.29 is 19.0 Å². The highest BCUT2D eigenvalue weighted by Crippen LogP contribution is 2.21. The summed E-state index contributed by atoms with van der Waals surface area (Å²) in [4.78, 5) is 12.3. The number of amides is 1. The highest BCUT2D eigenvalue weighted by molar-refractivity contribution is 5.96. The minimum atomic E-state index is -0.514. The highest BCUT2D eigenvalue weighted by atomic mass is 16.5. The summed E-state index contributed by atoms with van der Waals surface area (Å²) in [6.45, 7) is 4.45. The highest BCUT2D eigenvalue weighted by Gasteiger charge is 2.20. The molecule has 0 aliphatic carbocycles. The molecule has 0 unspecified atom stereocenters. The van der Waals surface area contributed by atoms with E-state index in [0.717, 1.165) is 42.6 Å². The van der Waals surface area contributed by atoms with Crippen LogP contribution in [0.4, 0.5) is 5.69 Å². The Morgan fingerprint density at radius 1 is 1.44 bits per heavy atom. The van der Waals surface area contributed by atoms with Crippen LogP contribution in [0.5, 0.6) is 0 Å². The van der Waals surface area contributed by atoms with Gasteiger partial charge in [0.1, 0.15) is 6.10 Å². The average molecular weight is 346 g/mol. The van der Waals surface area contributed by atoms with Crippen LogP contribution in [0.3, 0.4) is 0 Å². The van der Waals surface area contributed by atoms with Gasteiger partial charge in [-0.2, -0.15) is 0 Å². The molecule has 25 heavy (non-hydrogen) atoms. The van der Waals surface area contributed by atoms with E-state index in [9.17, 15) is 4.79 Å². The van der Waals surface area contributed by atoms with Gasteiger partial charge in [-0.05, 0) is 43.4 Å². The van der Waals surface area contributed by atoms with Crippen LogP contribution in [0.2, 0.25) is 0 Å². The number of ether oxygens (including phenoxy) is 3. The van der Waals surface area contributed by atoms with E-state index in [1.165, 1.54) is 0 Å². The lowest BCUT2D eigenvalue weighted by atomic mass is 10.2. The van der Waals surface area contributed by atoms with Gasteiger partial charge >= 0.3 is 0 Å². The second-order valence-corrected chi connectivity index (χ2v) is 6.38. The van der Waals surface area contributed by atoms with Crippen LogP contribution in [0.25, 0.3) is 10.9 Å². The zero-order valence-electron chi connectivity index (χ0n) is 14.9. The second kappa shape index (κ2) is 8.47. The number of aromatic nitrogens is 1. The first-order valence-electron chi connectivity index (χ1n) is 8.79. The van der Waals surface area contributed by atoms with Gasteiger partial charge in [0, 0.05) is 32.1 Å². The van der Waals surface area contributed by atoms with E-state index < -0.39 is 6.10 Å². The van der Waals surface area contributed by atoms with Crippen molar-refractivity contribution in [3.63, 3.8) is 0 Å². The number of carbonyl (C=O) groups excluding carboxylic acids is 1. The maximum absolute atomic E-state index is 12.3. The molecule has 2 atom stereocenters. The minimum absolute atomic E-state index is 0.121. The van der Waals surface area contributed by atoms with Gasteiger partial charge in [0.15, 0.2) is 0 Å². The molecule has 1 aliphatic heterocycles. The molecule has 2 heterocycles. The van der Waals surface area contributed by atoms with Crippen LogP contribution in [-0.4, -0.2) is 49.6 Å². The van der Waals surface area contributed by atoms with Crippen molar-refractivity contribution in [3.8, 4) is 0 Å². The summed E-state index contributed by atoms with van der Waals surface area (Å²) in [5.41, 5.74) is 1.84. The van der Waals surface area contributed by atoms with Gasteiger partial charge in [0.2, 0.25) is 0 Å². The van der Waals surface area contributed by atoms with Crippen molar-refractivity contribution >= 4 is 22.5 Å². The Kier molecular flexibility index (Phi) is 6.07. The number of rotatable bonds is 8. The third-order valence-electron chi connectivity index (χ3n) is 4.50. The molecule has 1 fully saturated rings. The molecule has 1 amide bonds. The fourth-order valence-electron chi connectivity index (χ4n) is 2.99. The summed E-state index contributed by atoms with van der Waals surface area (Å²) in [6.07, 6.45) is 3.71. The standard InChI is InChI=1S/C19H26N2O4/c1-14(25-13-17-4-3-10-24-17)19(22)20-16-6-5-15-7-8-21(9-11-23-2)18(15)12-16/h5-8,12,14,17H,3-4,9-11,13H2,1-2H3,(H,20,22)/t14-,17-/m1/s1.